The molecule has 1 aliphatic heterocycles. The summed E-state index contributed by atoms with van der Waals surface area (Å²) < 4.78 is 33.4. The maximum Gasteiger partial charge on any atom is 0.193 e. The number of hydrogen-bond donors (Lipinski definition) is 1. The summed E-state index contributed by atoms with van der Waals surface area (Å²) >= 11 is 0. The second kappa shape index (κ2) is 11.8. The third-order valence-electron chi connectivity index (χ3n) is 4.24. The maximum atomic E-state index is 11.1. The number of ether oxygens (including phenoxy) is 2. The van der Waals surface area contributed by atoms with Gasteiger partial charge in [-0.25, -0.2) is 8.42 Å². The van der Waals surface area contributed by atoms with Crippen molar-refractivity contribution in [3.63, 3.8) is 0 Å². The Morgan fingerprint density at radius 1 is 1.37 bits per heavy atom. The molecule has 1 unspecified atom stereocenters. The van der Waals surface area contributed by atoms with E-state index < -0.39 is 9.84 Å². The van der Waals surface area contributed by atoms with Crippen molar-refractivity contribution in [1.82, 2.24) is 10.2 Å². The van der Waals surface area contributed by atoms with Gasteiger partial charge in [-0.1, -0.05) is 24.3 Å². The summed E-state index contributed by atoms with van der Waals surface area (Å²) in [5, 5.41) is 3.27. The average Bonchev–Trinajstić information content (AvgIpc) is 2.61. The van der Waals surface area contributed by atoms with Gasteiger partial charge in [0, 0.05) is 26.4 Å². The second-order valence-corrected chi connectivity index (χ2v) is 8.64. The predicted molar refractivity (Wildman–Crippen MR) is 119 cm³/mol. The van der Waals surface area contributed by atoms with E-state index in [9.17, 15) is 8.42 Å². The molecule has 0 radical (unpaired) electrons. The molecule has 7 nitrogen and oxygen atoms in total. The molecule has 1 atom stereocenters. The van der Waals surface area contributed by atoms with Gasteiger partial charge in [0.2, 0.25) is 0 Å². The molecule has 2 rings (SSSR count). The molecule has 0 aliphatic carbocycles. The molecule has 1 N–H and O–H groups in total. The number of benzene rings is 1. The highest BCUT2D eigenvalue weighted by molar-refractivity contribution is 14.0. The van der Waals surface area contributed by atoms with Crippen LogP contribution in [0.4, 0.5) is 0 Å². The Bertz CT molecular complexity index is 712. The largest absolute Gasteiger partial charge is 0.379 e. The Morgan fingerprint density at radius 3 is 2.78 bits per heavy atom. The zero-order valence-corrected chi connectivity index (χ0v) is 19.3. The van der Waals surface area contributed by atoms with Gasteiger partial charge in [0.25, 0.3) is 0 Å². The molecule has 1 aromatic carbocycles. The molecule has 0 amide bonds. The van der Waals surface area contributed by atoms with Gasteiger partial charge < -0.3 is 19.7 Å². The summed E-state index contributed by atoms with van der Waals surface area (Å²) in [7, 11) is -1.22. The molecule has 1 saturated heterocycles. The van der Waals surface area contributed by atoms with E-state index in [1.165, 1.54) is 17.4 Å². The number of nitrogens with one attached hydrogen (secondary N) is 1. The van der Waals surface area contributed by atoms with Gasteiger partial charge in [-0.15, -0.1) is 24.0 Å². The van der Waals surface area contributed by atoms with Crippen LogP contribution in [0.1, 0.15) is 17.2 Å². The first-order valence-corrected chi connectivity index (χ1v) is 10.8. The number of nitrogens with zero attached hydrogens (tertiary/aromatic N) is 2. The molecule has 1 heterocycles. The van der Waals surface area contributed by atoms with Crippen LogP contribution in [0, 0.1) is 6.92 Å². The Labute approximate surface area is 179 Å². The van der Waals surface area contributed by atoms with Crippen LogP contribution in [0.25, 0.3) is 0 Å². The van der Waals surface area contributed by atoms with E-state index in [1.54, 1.807) is 7.05 Å². The third-order valence-corrected chi connectivity index (χ3v) is 5.15. The fraction of sp³-hybridized carbons (Fsp3) is 0.611. The van der Waals surface area contributed by atoms with E-state index in [1.807, 2.05) is 12.1 Å². The fourth-order valence-corrected chi connectivity index (χ4v) is 3.28. The number of halogens is 1. The number of guanidine groups is 1. The van der Waals surface area contributed by atoms with Gasteiger partial charge in [-0.3, -0.25) is 4.99 Å². The highest BCUT2D eigenvalue weighted by Gasteiger charge is 2.24. The summed E-state index contributed by atoms with van der Waals surface area (Å²) in [6.07, 6.45) is 1.23. The van der Waals surface area contributed by atoms with Crippen molar-refractivity contribution in [3.05, 3.63) is 35.4 Å². The minimum Gasteiger partial charge on any atom is -0.379 e. The molecule has 1 aromatic rings. The van der Waals surface area contributed by atoms with E-state index in [2.05, 4.69) is 34.3 Å². The van der Waals surface area contributed by atoms with Crippen molar-refractivity contribution in [3.8, 4) is 0 Å². The van der Waals surface area contributed by atoms with Crippen LogP contribution >= 0.6 is 24.0 Å². The van der Waals surface area contributed by atoms with Crippen molar-refractivity contribution in [2.45, 2.75) is 13.0 Å². The van der Waals surface area contributed by atoms with Gasteiger partial charge >= 0.3 is 0 Å². The number of rotatable bonds is 7. The topological polar surface area (TPSA) is 80.2 Å². The van der Waals surface area contributed by atoms with Gasteiger partial charge in [0.15, 0.2) is 5.96 Å². The molecular formula is C18H30IN3O4S. The fourth-order valence-electron chi connectivity index (χ4n) is 2.86. The quantitative estimate of drug-likeness (QED) is 0.260. The first-order chi connectivity index (χ1) is 12.4. The van der Waals surface area contributed by atoms with Gasteiger partial charge in [-0.05, 0) is 18.1 Å². The van der Waals surface area contributed by atoms with Gasteiger partial charge in [0.1, 0.15) is 15.9 Å². The Kier molecular flexibility index (Phi) is 10.6. The van der Waals surface area contributed by atoms with Crippen molar-refractivity contribution in [1.29, 1.82) is 0 Å². The summed E-state index contributed by atoms with van der Waals surface area (Å²) in [5.41, 5.74) is 2.43. The Balaban J connectivity index is 0.00000364. The minimum absolute atomic E-state index is 0. The number of sulfone groups is 1. The number of morpholine rings is 1. The zero-order chi connectivity index (χ0) is 19.0. The number of aryl methyl sites for hydroxylation is 1. The van der Waals surface area contributed by atoms with Crippen molar-refractivity contribution in [2.75, 3.05) is 58.5 Å². The van der Waals surface area contributed by atoms with Crippen LogP contribution in [0.5, 0.6) is 0 Å². The first-order valence-electron chi connectivity index (χ1n) is 8.79. The minimum atomic E-state index is -2.98. The molecule has 27 heavy (non-hydrogen) atoms. The second-order valence-electron chi connectivity index (χ2n) is 6.38. The highest BCUT2D eigenvalue weighted by atomic mass is 127. The molecular weight excluding hydrogens is 481 g/mol. The summed E-state index contributed by atoms with van der Waals surface area (Å²) in [4.78, 5) is 6.52. The smallest absolute Gasteiger partial charge is 0.193 e. The van der Waals surface area contributed by atoms with Crippen molar-refractivity contribution < 1.29 is 17.9 Å². The number of aliphatic imine (C=N–C) groups is 1. The highest BCUT2D eigenvalue weighted by Crippen LogP contribution is 2.24. The summed E-state index contributed by atoms with van der Waals surface area (Å²) in [6.45, 7) is 5.47. The molecule has 1 aliphatic rings. The van der Waals surface area contributed by atoms with Crippen LogP contribution in [0.2, 0.25) is 0 Å². The lowest BCUT2D eigenvalue weighted by Crippen LogP contribution is -2.48. The summed E-state index contributed by atoms with van der Waals surface area (Å²) in [6, 6.07) is 8.27. The van der Waals surface area contributed by atoms with Gasteiger partial charge in [0.05, 0.1) is 32.1 Å². The number of hydrogen-bond acceptors (Lipinski definition) is 5. The predicted octanol–water partition coefficient (Wildman–Crippen LogP) is 1.62. The summed E-state index contributed by atoms with van der Waals surface area (Å²) in [5.74, 6) is 0.849. The zero-order valence-electron chi connectivity index (χ0n) is 16.2. The molecule has 0 saturated carbocycles. The lowest BCUT2D eigenvalue weighted by molar-refractivity contribution is -0.00841. The Morgan fingerprint density at radius 2 is 2.11 bits per heavy atom. The van der Waals surface area contributed by atoms with Gasteiger partial charge in [-0.2, -0.15) is 0 Å². The maximum absolute atomic E-state index is 11.1. The molecule has 0 bridgehead atoms. The molecule has 1 fully saturated rings. The SMILES string of the molecule is CN=C(NCCOCCS(C)(=O)=O)N1CCOC(c2ccccc2C)C1.I. The van der Waals surface area contributed by atoms with Crippen LogP contribution < -0.4 is 5.32 Å². The van der Waals surface area contributed by atoms with Crippen LogP contribution in [-0.2, 0) is 19.3 Å². The van der Waals surface area contributed by atoms with E-state index in [4.69, 9.17) is 9.47 Å². The first kappa shape index (κ1) is 24.1. The standard InChI is InChI=1S/C18H29N3O4S.HI/c1-15-6-4-5-7-16(15)17-14-21(9-11-25-17)18(19-2)20-8-10-24-12-13-26(3,22)23;/h4-7,17H,8-14H2,1-3H3,(H,19,20);1H. The Hall–Kier alpha value is -0.910. The van der Waals surface area contributed by atoms with Crippen LogP contribution in [0.3, 0.4) is 0 Å². The third kappa shape index (κ3) is 8.32. The normalized spacial score (nSPS) is 18.1. The molecule has 154 valence electrons. The van der Waals surface area contributed by atoms with E-state index in [0.717, 1.165) is 19.0 Å². The van der Waals surface area contributed by atoms with Crippen LogP contribution in [0.15, 0.2) is 29.3 Å². The van der Waals surface area contributed by atoms with E-state index in [0.29, 0.717) is 19.8 Å². The van der Waals surface area contributed by atoms with Crippen molar-refractivity contribution >= 4 is 39.8 Å². The molecule has 0 spiro atoms. The molecule has 0 aromatic heterocycles. The molecule has 9 heteroatoms. The average molecular weight is 511 g/mol. The van der Waals surface area contributed by atoms with Crippen LogP contribution in [-0.4, -0.2) is 77.8 Å². The lowest BCUT2D eigenvalue weighted by atomic mass is 10.0. The lowest BCUT2D eigenvalue weighted by Gasteiger charge is -2.35. The van der Waals surface area contributed by atoms with Crippen molar-refractivity contribution in [2.24, 2.45) is 4.99 Å². The van der Waals surface area contributed by atoms with E-state index in [-0.39, 0.29) is 42.4 Å². The monoisotopic (exact) mass is 511 g/mol. The van der Waals surface area contributed by atoms with E-state index >= 15 is 0 Å².